The molecule has 0 saturated heterocycles. The summed E-state index contributed by atoms with van der Waals surface area (Å²) in [5, 5.41) is 0.880. The zero-order chi connectivity index (χ0) is 7.68. The van der Waals surface area contributed by atoms with Crippen molar-refractivity contribution in [3.8, 4) is 0 Å². The Balaban J connectivity index is 2.91. The van der Waals surface area contributed by atoms with Crippen molar-refractivity contribution in [2.45, 2.75) is 0 Å². The molecule has 0 atom stereocenters. The Morgan fingerprint density at radius 3 is 3.09 bits per heavy atom. The van der Waals surface area contributed by atoms with E-state index in [0.717, 1.165) is 5.22 Å². The molecule has 1 aromatic rings. The Hall–Kier alpha value is -1.73. The number of allylic oxidation sites excluding steroid dienone is 1. The standard InChI is InChI=1S/C8H4N2O/c11-5-7-4-6-2-1-3-9-8(6)10-7/h1-4H. The predicted molar refractivity (Wildman–Crippen MR) is 38.7 cm³/mol. The second kappa shape index (κ2) is 2.15. The third kappa shape index (κ3) is 0.876. The SMILES string of the molecule is O=C=C1C=c2cccnc2=N1. The number of carbonyl (C=O) groups excluding carboxylic acids is 1. The van der Waals surface area contributed by atoms with Crippen molar-refractivity contribution in [3.63, 3.8) is 0 Å². The average Bonchev–Trinajstić information content (AvgIpc) is 2.46. The molecule has 0 fully saturated rings. The molecule has 0 spiro atoms. The van der Waals surface area contributed by atoms with E-state index in [4.69, 9.17) is 0 Å². The van der Waals surface area contributed by atoms with E-state index in [9.17, 15) is 4.79 Å². The molecule has 3 heteroatoms. The third-order valence-corrected chi connectivity index (χ3v) is 1.44. The lowest BCUT2D eigenvalue weighted by molar-refractivity contribution is 0.567. The van der Waals surface area contributed by atoms with E-state index in [1.165, 1.54) is 0 Å². The van der Waals surface area contributed by atoms with Gasteiger partial charge in [0.15, 0.2) is 11.4 Å². The first-order valence-corrected chi connectivity index (χ1v) is 3.17. The van der Waals surface area contributed by atoms with Gasteiger partial charge in [-0.1, -0.05) is 0 Å². The molecule has 11 heavy (non-hydrogen) atoms. The van der Waals surface area contributed by atoms with E-state index in [1.807, 2.05) is 6.07 Å². The Morgan fingerprint density at radius 1 is 1.45 bits per heavy atom. The van der Waals surface area contributed by atoms with Crippen LogP contribution in [-0.2, 0) is 4.79 Å². The number of rotatable bonds is 0. The van der Waals surface area contributed by atoms with Crippen molar-refractivity contribution in [2.24, 2.45) is 4.99 Å². The molecule has 0 amide bonds. The van der Waals surface area contributed by atoms with Crippen LogP contribution >= 0.6 is 0 Å². The number of hydrogen-bond acceptors (Lipinski definition) is 3. The Bertz CT molecular complexity index is 418. The highest BCUT2D eigenvalue weighted by Gasteiger charge is 1.99. The molecule has 3 nitrogen and oxygen atoms in total. The van der Waals surface area contributed by atoms with Gasteiger partial charge in [-0.3, -0.25) is 0 Å². The molecule has 2 heterocycles. The maximum Gasteiger partial charge on any atom is 0.160 e. The molecule has 0 bridgehead atoms. The molecule has 0 aliphatic carbocycles. The maximum absolute atomic E-state index is 10.2. The van der Waals surface area contributed by atoms with Crippen LogP contribution in [0.15, 0.2) is 29.0 Å². The normalized spacial score (nSPS) is 12.9. The van der Waals surface area contributed by atoms with Gasteiger partial charge in [0, 0.05) is 11.4 Å². The van der Waals surface area contributed by atoms with Crippen molar-refractivity contribution in [1.82, 2.24) is 4.98 Å². The van der Waals surface area contributed by atoms with Crippen molar-refractivity contribution in [3.05, 3.63) is 34.7 Å². The minimum absolute atomic E-state index is 0.318. The van der Waals surface area contributed by atoms with E-state index in [2.05, 4.69) is 9.98 Å². The fourth-order valence-corrected chi connectivity index (χ4v) is 0.961. The highest BCUT2D eigenvalue weighted by Crippen LogP contribution is 1.92. The van der Waals surface area contributed by atoms with E-state index in [1.54, 1.807) is 24.3 Å². The minimum Gasteiger partial charge on any atom is -0.237 e. The Morgan fingerprint density at radius 2 is 2.36 bits per heavy atom. The van der Waals surface area contributed by atoms with Gasteiger partial charge in [-0.25, -0.2) is 14.8 Å². The molecule has 1 aliphatic rings. The van der Waals surface area contributed by atoms with E-state index in [0.29, 0.717) is 11.2 Å². The largest absolute Gasteiger partial charge is 0.237 e. The van der Waals surface area contributed by atoms with Gasteiger partial charge >= 0.3 is 0 Å². The molecular weight excluding hydrogens is 140 g/mol. The molecular formula is C8H4N2O. The lowest BCUT2D eigenvalue weighted by Crippen LogP contribution is -2.23. The van der Waals surface area contributed by atoms with Gasteiger partial charge in [0.2, 0.25) is 0 Å². The summed E-state index contributed by atoms with van der Waals surface area (Å²) in [7, 11) is 0. The predicted octanol–water partition coefficient (Wildman–Crippen LogP) is -0.789. The van der Waals surface area contributed by atoms with Crippen molar-refractivity contribution in [2.75, 3.05) is 0 Å². The fraction of sp³-hybridized carbons (Fsp3) is 0. The number of nitrogens with zero attached hydrogens (tertiary/aromatic N) is 2. The van der Waals surface area contributed by atoms with Crippen molar-refractivity contribution < 1.29 is 4.79 Å². The third-order valence-electron chi connectivity index (χ3n) is 1.44. The Kier molecular flexibility index (Phi) is 1.17. The number of aromatic nitrogens is 1. The average molecular weight is 144 g/mol. The summed E-state index contributed by atoms with van der Waals surface area (Å²) in [4.78, 5) is 18.0. The van der Waals surface area contributed by atoms with Gasteiger partial charge in [-0.15, -0.1) is 0 Å². The first kappa shape index (κ1) is 6.01. The fourth-order valence-electron chi connectivity index (χ4n) is 0.961. The van der Waals surface area contributed by atoms with Crippen LogP contribution in [0.1, 0.15) is 0 Å². The Labute approximate surface area is 62.4 Å². The van der Waals surface area contributed by atoms with Crippen LogP contribution < -0.4 is 10.7 Å². The quantitative estimate of drug-likeness (QED) is 0.448. The van der Waals surface area contributed by atoms with Crippen LogP contribution in [0.2, 0.25) is 0 Å². The number of hydrogen-bond donors (Lipinski definition) is 0. The van der Waals surface area contributed by atoms with Crippen LogP contribution in [0.25, 0.3) is 6.08 Å². The van der Waals surface area contributed by atoms with Crippen LogP contribution in [-0.4, -0.2) is 10.9 Å². The molecule has 0 unspecified atom stereocenters. The molecule has 1 aromatic heterocycles. The molecule has 2 rings (SSSR count). The zero-order valence-electron chi connectivity index (χ0n) is 5.61. The van der Waals surface area contributed by atoms with Crippen LogP contribution in [0.3, 0.4) is 0 Å². The molecule has 0 radical (unpaired) electrons. The molecule has 0 saturated carbocycles. The van der Waals surface area contributed by atoms with Gasteiger partial charge in [-0.2, -0.15) is 0 Å². The zero-order valence-corrected chi connectivity index (χ0v) is 5.61. The van der Waals surface area contributed by atoms with Gasteiger partial charge < -0.3 is 0 Å². The molecule has 52 valence electrons. The van der Waals surface area contributed by atoms with E-state index in [-0.39, 0.29) is 0 Å². The summed E-state index contributed by atoms with van der Waals surface area (Å²) in [6, 6.07) is 3.66. The summed E-state index contributed by atoms with van der Waals surface area (Å²) in [6.45, 7) is 0. The second-order valence-electron chi connectivity index (χ2n) is 2.16. The van der Waals surface area contributed by atoms with E-state index < -0.39 is 0 Å². The van der Waals surface area contributed by atoms with Crippen LogP contribution in [0.5, 0.6) is 0 Å². The van der Waals surface area contributed by atoms with Gasteiger partial charge in [0.05, 0.1) is 0 Å². The highest BCUT2D eigenvalue weighted by molar-refractivity contribution is 5.68. The lowest BCUT2D eigenvalue weighted by Gasteiger charge is -1.77. The maximum atomic E-state index is 10.2. The summed E-state index contributed by atoms with van der Waals surface area (Å²) in [6.07, 6.45) is 3.30. The van der Waals surface area contributed by atoms with Crippen molar-refractivity contribution >= 4 is 12.0 Å². The smallest absolute Gasteiger partial charge is 0.160 e. The van der Waals surface area contributed by atoms with Crippen LogP contribution in [0, 0.1) is 0 Å². The number of pyridine rings is 1. The molecule has 1 aliphatic heterocycles. The summed E-state index contributed by atoms with van der Waals surface area (Å²) in [5.74, 6) is 1.72. The van der Waals surface area contributed by atoms with Gasteiger partial charge in [0.25, 0.3) is 0 Å². The van der Waals surface area contributed by atoms with Crippen molar-refractivity contribution in [1.29, 1.82) is 0 Å². The number of fused-ring (bicyclic) bond motifs is 1. The minimum atomic E-state index is 0.318. The van der Waals surface area contributed by atoms with Crippen LogP contribution in [0.4, 0.5) is 0 Å². The first-order chi connectivity index (χ1) is 5.40. The van der Waals surface area contributed by atoms with E-state index >= 15 is 0 Å². The molecule has 0 N–H and O–H groups in total. The summed E-state index contributed by atoms with van der Waals surface area (Å²) >= 11 is 0. The summed E-state index contributed by atoms with van der Waals surface area (Å²) in [5.41, 5.74) is 0.921. The molecule has 0 aromatic carbocycles. The van der Waals surface area contributed by atoms with Gasteiger partial charge in [-0.05, 0) is 18.2 Å². The van der Waals surface area contributed by atoms with Gasteiger partial charge in [0.1, 0.15) is 5.70 Å². The first-order valence-electron chi connectivity index (χ1n) is 3.17. The monoisotopic (exact) mass is 144 g/mol. The topological polar surface area (TPSA) is 42.3 Å². The second-order valence-corrected chi connectivity index (χ2v) is 2.16. The summed E-state index contributed by atoms with van der Waals surface area (Å²) < 4.78 is 0. The highest BCUT2D eigenvalue weighted by atomic mass is 16.1. The lowest BCUT2D eigenvalue weighted by atomic mass is 10.3.